The minimum Gasteiger partial charge on any atom is -0.391 e. The number of urea groups is 1. The van der Waals surface area contributed by atoms with Crippen LogP contribution in [-0.4, -0.2) is 70.1 Å². The number of carbonyl (C=O) groups is 1. The second-order valence-electron chi connectivity index (χ2n) is 8.22. The summed E-state index contributed by atoms with van der Waals surface area (Å²) in [5.74, 6) is 0. The van der Waals surface area contributed by atoms with Crippen LogP contribution in [0.3, 0.4) is 0 Å². The number of piperazine rings is 1. The van der Waals surface area contributed by atoms with Crippen molar-refractivity contribution in [3.63, 3.8) is 0 Å². The maximum absolute atomic E-state index is 12.8. The molecular formula is C22H27F3N4O2S. The van der Waals surface area contributed by atoms with E-state index in [2.05, 4.69) is 9.88 Å². The number of likely N-dealkylation sites (tertiary alicyclic amines) is 1. The highest BCUT2D eigenvalue weighted by atomic mass is 32.1. The van der Waals surface area contributed by atoms with E-state index in [9.17, 15) is 23.1 Å². The zero-order chi connectivity index (χ0) is 22.7. The first-order valence-corrected chi connectivity index (χ1v) is 11.7. The number of aromatic nitrogens is 1. The molecular weight excluding hydrogens is 441 g/mol. The van der Waals surface area contributed by atoms with Crippen molar-refractivity contribution in [1.82, 2.24) is 19.7 Å². The highest BCUT2D eigenvalue weighted by molar-refractivity contribution is 7.15. The van der Waals surface area contributed by atoms with Crippen molar-refractivity contribution in [2.24, 2.45) is 0 Å². The van der Waals surface area contributed by atoms with Gasteiger partial charge in [-0.2, -0.15) is 13.2 Å². The zero-order valence-electron chi connectivity index (χ0n) is 17.8. The number of nitrogens with zero attached hydrogens (tertiary/aromatic N) is 4. The molecule has 0 atom stereocenters. The SMILES string of the molecule is O=C(N1CCCCC1)N1CCN(Cc2nc(-c3ccc(C(F)(F)F)cc3)sc2CO)CC1. The molecule has 2 aliphatic heterocycles. The quantitative estimate of drug-likeness (QED) is 0.736. The Morgan fingerprint density at radius 2 is 1.59 bits per heavy atom. The average Bonchev–Trinajstić information content (AvgIpc) is 3.22. The van der Waals surface area contributed by atoms with Crippen molar-refractivity contribution >= 4 is 17.4 Å². The molecule has 32 heavy (non-hydrogen) atoms. The Morgan fingerprint density at radius 3 is 2.19 bits per heavy atom. The zero-order valence-corrected chi connectivity index (χ0v) is 18.6. The second kappa shape index (κ2) is 9.76. The summed E-state index contributed by atoms with van der Waals surface area (Å²) in [5, 5.41) is 10.4. The molecule has 1 aromatic carbocycles. The molecule has 1 aromatic heterocycles. The standard InChI is InChI=1S/C22H27F3N4O2S/c23-22(24,25)17-6-4-16(5-7-17)20-26-18(19(15-30)32-20)14-27-10-12-29(13-11-27)21(31)28-8-2-1-3-9-28/h4-7,30H,1-3,8-15H2. The predicted molar refractivity (Wildman–Crippen MR) is 116 cm³/mol. The lowest BCUT2D eigenvalue weighted by Crippen LogP contribution is -2.53. The van der Waals surface area contributed by atoms with E-state index in [1.807, 2.05) is 9.80 Å². The summed E-state index contributed by atoms with van der Waals surface area (Å²) < 4.78 is 38.4. The fourth-order valence-electron chi connectivity index (χ4n) is 4.15. The van der Waals surface area contributed by atoms with Crippen molar-refractivity contribution in [3.05, 3.63) is 40.4 Å². The van der Waals surface area contributed by atoms with Crippen molar-refractivity contribution in [2.45, 2.75) is 38.6 Å². The minimum absolute atomic E-state index is 0.124. The number of amides is 2. The van der Waals surface area contributed by atoms with Gasteiger partial charge in [-0.05, 0) is 31.4 Å². The average molecular weight is 469 g/mol. The van der Waals surface area contributed by atoms with Gasteiger partial charge in [0.1, 0.15) is 5.01 Å². The number of alkyl halides is 3. The minimum atomic E-state index is -4.37. The topological polar surface area (TPSA) is 59.9 Å². The van der Waals surface area contributed by atoms with Gasteiger partial charge in [0, 0.05) is 51.4 Å². The molecule has 174 valence electrons. The molecule has 3 heterocycles. The summed E-state index contributed by atoms with van der Waals surface area (Å²) in [7, 11) is 0. The van der Waals surface area contributed by atoms with Gasteiger partial charge in [0.05, 0.1) is 22.7 Å². The number of hydrogen-bond donors (Lipinski definition) is 1. The van der Waals surface area contributed by atoms with Crippen molar-refractivity contribution in [2.75, 3.05) is 39.3 Å². The van der Waals surface area contributed by atoms with E-state index < -0.39 is 11.7 Å². The largest absolute Gasteiger partial charge is 0.416 e. The Kier molecular flexibility index (Phi) is 7.02. The molecule has 2 aliphatic rings. The number of benzene rings is 1. The van der Waals surface area contributed by atoms with E-state index in [1.54, 1.807) is 0 Å². The van der Waals surface area contributed by atoms with Gasteiger partial charge in [-0.15, -0.1) is 11.3 Å². The molecule has 2 fully saturated rings. The summed E-state index contributed by atoms with van der Waals surface area (Å²) in [5.41, 5.74) is 0.640. The van der Waals surface area contributed by atoms with Crippen LogP contribution in [0.5, 0.6) is 0 Å². The second-order valence-corrected chi connectivity index (χ2v) is 9.30. The van der Waals surface area contributed by atoms with Crippen molar-refractivity contribution in [3.8, 4) is 10.6 Å². The van der Waals surface area contributed by atoms with Crippen LogP contribution in [0.25, 0.3) is 10.6 Å². The monoisotopic (exact) mass is 468 g/mol. The normalized spacial score (nSPS) is 18.2. The fraction of sp³-hybridized carbons (Fsp3) is 0.545. The Hall–Kier alpha value is -2.17. The highest BCUT2D eigenvalue weighted by Gasteiger charge is 2.30. The first-order chi connectivity index (χ1) is 15.3. The molecule has 2 saturated heterocycles. The number of piperidine rings is 1. The van der Waals surface area contributed by atoms with E-state index in [0.29, 0.717) is 35.1 Å². The molecule has 1 N–H and O–H groups in total. The van der Waals surface area contributed by atoms with E-state index in [4.69, 9.17) is 0 Å². The molecule has 0 unspecified atom stereocenters. The molecule has 10 heteroatoms. The summed E-state index contributed by atoms with van der Waals surface area (Å²) in [6, 6.07) is 5.05. The van der Waals surface area contributed by atoms with Gasteiger partial charge < -0.3 is 14.9 Å². The van der Waals surface area contributed by atoms with Crippen LogP contribution in [-0.2, 0) is 19.3 Å². The predicted octanol–water partition coefficient (Wildman–Crippen LogP) is 4.04. The van der Waals surface area contributed by atoms with Gasteiger partial charge in [0.15, 0.2) is 0 Å². The Balaban J connectivity index is 1.37. The van der Waals surface area contributed by atoms with E-state index in [0.717, 1.165) is 56.8 Å². The van der Waals surface area contributed by atoms with Crippen LogP contribution >= 0.6 is 11.3 Å². The lowest BCUT2D eigenvalue weighted by Gasteiger charge is -2.38. The molecule has 2 amide bonds. The van der Waals surface area contributed by atoms with Crippen LogP contribution in [0.1, 0.15) is 35.4 Å². The van der Waals surface area contributed by atoms with E-state index >= 15 is 0 Å². The summed E-state index contributed by atoms with van der Waals surface area (Å²) >= 11 is 1.30. The summed E-state index contributed by atoms with van der Waals surface area (Å²) in [6.45, 7) is 4.79. The lowest BCUT2D eigenvalue weighted by molar-refractivity contribution is -0.137. The molecule has 0 radical (unpaired) electrons. The highest BCUT2D eigenvalue weighted by Crippen LogP contribution is 2.33. The van der Waals surface area contributed by atoms with E-state index in [1.165, 1.54) is 29.9 Å². The number of carbonyl (C=O) groups excluding carboxylic acids is 1. The van der Waals surface area contributed by atoms with Crippen LogP contribution in [0, 0.1) is 0 Å². The van der Waals surface area contributed by atoms with Gasteiger partial charge in [-0.25, -0.2) is 9.78 Å². The third-order valence-corrected chi connectivity index (χ3v) is 7.16. The molecule has 4 rings (SSSR count). The third kappa shape index (κ3) is 5.24. The molecule has 0 saturated carbocycles. The molecule has 0 aliphatic carbocycles. The number of thiazole rings is 1. The Bertz CT molecular complexity index is 918. The molecule has 0 bridgehead atoms. The molecule has 6 nitrogen and oxygen atoms in total. The number of halogens is 3. The van der Waals surface area contributed by atoms with E-state index in [-0.39, 0.29) is 12.6 Å². The maximum Gasteiger partial charge on any atom is 0.416 e. The molecule has 2 aromatic rings. The lowest BCUT2D eigenvalue weighted by atomic mass is 10.1. The summed E-state index contributed by atoms with van der Waals surface area (Å²) in [6.07, 6.45) is -1.05. The number of hydrogen-bond acceptors (Lipinski definition) is 5. The van der Waals surface area contributed by atoms with Crippen LogP contribution in [0.4, 0.5) is 18.0 Å². The van der Waals surface area contributed by atoms with Crippen LogP contribution in [0.2, 0.25) is 0 Å². The van der Waals surface area contributed by atoms with Crippen LogP contribution in [0.15, 0.2) is 24.3 Å². The smallest absolute Gasteiger partial charge is 0.391 e. The number of rotatable bonds is 4. The first kappa shape index (κ1) is 23.0. The van der Waals surface area contributed by atoms with Crippen molar-refractivity contribution in [1.29, 1.82) is 0 Å². The van der Waals surface area contributed by atoms with Gasteiger partial charge in [-0.1, -0.05) is 12.1 Å². The number of aliphatic hydroxyl groups is 1. The Labute approximate surface area is 189 Å². The number of aliphatic hydroxyl groups excluding tert-OH is 1. The van der Waals surface area contributed by atoms with Gasteiger partial charge in [-0.3, -0.25) is 4.90 Å². The third-order valence-electron chi connectivity index (χ3n) is 6.02. The maximum atomic E-state index is 12.8. The van der Waals surface area contributed by atoms with Gasteiger partial charge >= 0.3 is 12.2 Å². The fourth-order valence-corrected chi connectivity index (χ4v) is 5.09. The first-order valence-electron chi connectivity index (χ1n) is 10.9. The van der Waals surface area contributed by atoms with Crippen molar-refractivity contribution < 1.29 is 23.1 Å². The molecule has 0 spiro atoms. The summed E-state index contributed by atoms with van der Waals surface area (Å²) in [4.78, 5) is 24.1. The van der Waals surface area contributed by atoms with Gasteiger partial charge in [0.25, 0.3) is 0 Å². The van der Waals surface area contributed by atoms with Gasteiger partial charge in [0.2, 0.25) is 0 Å². The van der Waals surface area contributed by atoms with Crippen LogP contribution < -0.4 is 0 Å². The Morgan fingerprint density at radius 1 is 0.969 bits per heavy atom.